The van der Waals surface area contributed by atoms with Crippen LogP contribution in [0.2, 0.25) is 0 Å². The molecule has 0 radical (unpaired) electrons. The Bertz CT molecular complexity index is 390. The fraction of sp³-hybridized carbons (Fsp3) is 0.462. The Morgan fingerprint density at radius 3 is 2.33 bits per heavy atom. The molecule has 5 nitrogen and oxygen atoms in total. The Kier molecular flexibility index (Phi) is 4.97. The first-order valence-electron chi connectivity index (χ1n) is 5.71. The molecule has 0 aliphatic heterocycles. The molecule has 0 saturated heterocycles. The Morgan fingerprint density at radius 1 is 1.33 bits per heavy atom. The first kappa shape index (κ1) is 14.3. The van der Waals surface area contributed by atoms with E-state index in [9.17, 15) is 4.79 Å². The van der Waals surface area contributed by atoms with Crippen molar-refractivity contribution in [3.63, 3.8) is 0 Å². The summed E-state index contributed by atoms with van der Waals surface area (Å²) in [5.41, 5.74) is -0.966. The summed E-state index contributed by atoms with van der Waals surface area (Å²) in [6.07, 6.45) is 0.380. The summed E-state index contributed by atoms with van der Waals surface area (Å²) in [6, 6.07) is 7.17. The van der Waals surface area contributed by atoms with Gasteiger partial charge in [0.2, 0.25) is 0 Å². The first-order chi connectivity index (χ1) is 8.51. The summed E-state index contributed by atoms with van der Waals surface area (Å²) in [6.45, 7) is 1.96. The van der Waals surface area contributed by atoms with E-state index in [1.165, 1.54) is 0 Å². The van der Waals surface area contributed by atoms with E-state index in [4.69, 9.17) is 14.6 Å². The van der Waals surface area contributed by atoms with Gasteiger partial charge in [0.1, 0.15) is 17.0 Å². The van der Waals surface area contributed by atoms with Crippen LogP contribution in [0.4, 0.5) is 0 Å². The average Bonchev–Trinajstić information content (AvgIpc) is 2.39. The number of carboxylic acids is 1. The lowest BCUT2D eigenvalue weighted by Crippen LogP contribution is -2.48. The second-order valence-corrected chi connectivity index (χ2v) is 4.16. The van der Waals surface area contributed by atoms with Crippen molar-refractivity contribution < 1.29 is 19.4 Å². The third-order valence-corrected chi connectivity index (χ3v) is 2.95. The molecule has 2 N–H and O–H groups in total. The van der Waals surface area contributed by atoms with Gasteiger partial charge in [0.15, 0.2) is 0 Å². The Morgan fingerprint density at radius 2 is 1.89 bits per heavy atom. The lowest BCUT2D eigenvalue weighted by molar-refractivity contribution is -0.144. The van der Waals surface area contributed by atoms with E-state index < -0.39 is 11.5 Å². The first-order valence-corrected chi connectivity index (χ1v) is 5.71. The van der Waals surface area contributed by atoms with Crippen molar-refractivity contribution in [2.45, 2.75) is 18.9 Å². The molecule has 18 heavy (non-hydrogen) atoms. The average molecular weight is 253 g/mol. The topological polar surface area (TPSA) is 67.8 Å². The van der Waals surface area contributed by atoms with Crippen LogP contribution in [0.5, 0.6) is 11.5 Å². The molecule has 0 fully saturated rings. The summed E-state index contributed by atoms with van der Waals surface area (Å²) in [5.74, 6) is 0.566. The molecule has 0 heterocycles. The number of hydrogen-bond acceptors (Lipinski definition) is 4. The van der Waals surface area contributed by atoms with Gasteiger partial charge in [-0.05, 0) is 38.2 Å². The van der Waals surface area contributed by atoms with Crippen molar-refractivity contribution >= 4 is 5.97 Å². The molecule has 1 aromatic rings. The molecule has 0 aliphatic rings. The summed E-state index contributed by atoms with van der Waals surface area (Å²) in [4.78, 5) is 11.0. The second kappa shape index (κ2) is 6.26. The number of likely N-dealkylation sites (N-methyl/N-ethyl adjacent to an activating group) is 1. The SMILES string of the molecule is CNC(C)(CCOc1ccc(OC)cc1)C(=O)O. The molecule has 0 aliphatic carbocycles. The minimum atomic E-state index is -0.966. The van der Waals surface area contributed by atoms with Crippen LogP contribution in [0.25, 0.3) is 0 Å². The van der Waals surface area contributed by atoms with Gasteiger partial charge in [0.05, 0.1) is 13.7 Å². The highest BCUT2D eigenvalue weighted by Gasteiger charge is 2.30. The number of ether oxygens (including phenoxy) is 2. The van der Waals surface area contributed by atoms with E-state index in [0.29, 0.717) is 18.8 Å². The standard InChI is InChI=1S/C13H19NO4/c1-13(14-2,12(15)16)8-9-18-11-6-4-10(17-3)5-7-11/h4-7,14H,8-9H2,1-3H3,(H,15,16). The number of nitrogens with one attached hydrogen (secondary N) is 1. The highest BCUT2D eigenvalue weighted by atomic mass is 16.5. The van der Waals surface area contributed by atoms with E-state index in [2.05, 4.69) is 5.32 Å². The molecular formula is C13H19NO4. The molecular weight excluding hydrogens is 234 g/mol. The number of benzene rings is 1. The predicted octanol–water partition coefficient (Wildman–Crippen LogP) is 1.53. The lowest BCUT2D eigenvalue weighted by atomic mass is 9.99. The van der Waals surface area contributed by atoms with Crippen molar-refractivity contribution in [1.29, 1.82) is 0 Å². The molecule has 100 valence electrons. The maximum Gasteiger partial charge on any atom is 0.323 e. The van der Waals surface area contributed by atoms with Gasteiger partial charge in [-0.2, -0.15) is 0 Å². The van der Waals surface area contributed by atoms with Gasteiger partial charge in [-0.1, -0.05) is 0 Å². The maximum absolute atomic E-state index is 11.0. The van der Waals surface area contributed by atoms with Gasteiger partial charge in [0, 0.05) is 6.42 Å². The fourth-order valence-electron chi connectivity index (χ4n) is 1.38. The Hall–Kier alpha value is -1.75. The van der Waals surface area contributed by atoms with Crippen molar-refractivity contribution in [2.24, 2.45) is 0 Å². The fourth-order valence-corrected chi connectivity index (χ4v) is 1.38. The van der Waals surface area contributed by atoms with Gasteiger partial charge >= 0.3 is 5.97 Å². The number of rotatable bonds is 7. The molecule has 0 spiro atoms. The van der Waals surface area contributed by atoms with E-state index in [0.717, 1.165) is 5.75 Å². The summed E-state index contributed by atoms with van der Waals surface area (Å²) in [5, 5.41) is 11.8. The summed E-state index contributed by atoms with van der Waals surface area (Å²) < 4.78 is 10.5. The highest BCUT2D eigenvalue weighted by Crippen LogP contribution is 2.18. The van der Waals surface area contributed by atoms with Gasteiger partial charge < -0.3 is 19.9 Å². The third kappa shape index (κ3) is 3.63. The van der Waals surface area contributed by atoms with E-state index >= 15 is 0 Å². The molecule has 0 saturated carbocycles. The number of hydrogen-bond donors (Lipinski definition) is 2. The predicted molar refractivity (Wildman–Crippen MR) is 68.2 cm³/mol. The quantitative estimate of drug-likeness (QED) is 0.771. The van der Waals surface area contributed by atoms with Crippen molar-refractivity contribution in [2.75, 3.05) is 20.8 Å². The molecule has 0 aromatic heterocycles. The Labute approximate surface area is 107 Å². The van der Waals surface area contributed by atoms with Crippen molar-refractivity contribution in [1.82, 2.24) is 5.32 Å². The van der Waals surface area contributed by atoms with Crippen LogP contribution >= 0.6 is 0 Å². The van der Waals surface area contributed by atoms with Crippen LogP contribution in [-0.2, 0) is 4.79 Å². The number of methoxy groups -OCH3 is 1. The van der Waals surface area contributed by atoms with Gasteiger partial charge in [-0.15, -0.1) is 0 Å². The van der Waals surface area contributed by atoms with Crippen LogP contribution in [0.3, 0.4) is 0 Å². The zero-order valence-electron chi connectivity index (χ0n) is 10.9. The van der Waals surface area contributed by atoms with Crippen LogP contribution in [-0.4, -0.2) is 37.4 Å². The van der Waals surface area contributed by atoms with Crippen molar-refractivity contribution in [3.05, 3.63) is 24.3 Å². The van der Waals surface area contributed by atoms with Gasteiger partial charge in [-0.3, -0.25) is 4.79 Å². The minimum Gasteiger partial charge on any atom is -0.497 e. The van der Waals surface area contributed by atoms with Crippen LogP contribution in [0, 0.1) is 0 Å². The van der Waals surface area contributed by atoms with E-state index in [-0.39, 0.29) is 0 Å². The minimum absolute atomic E-state index is 0.329. The van der Waals surface area contributed by atoms with Gasteiger partial charge in [0.25, 0.3) is 0 Å². The molecule has 0 amide bonds. The van der Waals surface area contributed by atoms with Crippen LogP contribution in [0.1, 0.15) is 13.3 Å². The molecule has 1 atom stereocenters. The Balaban J connectivity index is 2.47. The van der Waals surface area contributed by atoms with Gasteiger partial charge in [-0.25, -0.2) is 0 Å². The molecule has 1 rings (SSSR count). The maximum atomic E-state index is 11.0. The molecule has 5 heteroatoms. The zero-order valence-corrected chi connectivity index (χ0v) is 10.9. The second-order valence-electron chi connectivity index (χ2n) is 4.16. The normalized spacial score (nSPS) is 13.7. The smallest absolute Gasteiger partial charge is 0.323 e. The summed E-state index contributed by atoms with van der Waals surface area (Å²) in [7, 11) is 3.22. The van der Waals surface area contributed by atoms with Crippen LogP contribution < -0.4 is 14.8 Å². The third-order valence-electron chi connectivity index (χ3n) is 2.95. The number of carbonyl (C=O) groups is 1. The van der Waals surface area contributed by atoms with E-state index in [1.807, 2.05) is 0 Å². The largest absolute Gasteiger partial charge is 0.497 e. The van der Waals surface area contributed by atoms with Crippen molar-refractivity contribution in [3.8, 4) is 11.5 Å². The molecule has 1 unspecified atom stereocenters. The monoisotopic (exact) mass is 253 g/mol. The van der Waals surface area contributed by atoms with E-state index in [1.54, 1.807) is 45.3 Å². The number of carboxylic acid groups (broad SMARTS) is 1. The zero-order chi connectivity index (χ0) is 13.6. The lowest BCUT2D eigenvalue weighted by Gasteiger charge is -2.23. The van der Waals surface area contributed by atoms with Crippen LogP contribution in [0.15, 0.2) is 24.3 Å². The highest BCUT2D eigenvalue weighted by molar-refractivity contribution is 5.78. The number of aliphatic carboxylic acids is 1. The molecule has 1 aromatic carbocycles. The summed E-state index contributed by atoms with van der Waals surface area (Å²) >= 11 is 0. The molecule has 0 bridgehead atoms.